The van der Waals surface area contributed by atoms with E-state index in [0.29, 0.717) is 11.4 Å². The average Bonchev–Trinajstić information content (AvgIpc) is 3.03. The summed E-state index contributed by atoms with van der Waals surface area (Å²) in [6.45, 7) is 0. The summed E-state index contributed by atoms with van der Waals surface area (Å²) >= 11 is 0. The van der Waals surface area contributed by atoms with Gasteiger partial charge in [-0.2, -0.15) is 0 Å². The van der Waals surface area contributed by atoms with Crippen LogP contribution in [0, 0.1) is 0 Å². The van der Waals surface area contributed by atoms with E-state index in [2.05, 4.69) is 9.97 Å². The molecule has 0 aliphatic rings. The van der Waals surface area contributed by atoms with Gasteiger partial charge in [-0.3, -0.25) is 0 Å². The number of hydrogen-bond donors (Lipinski definition) is 2. The molecule has 3 aromatic rings. The molecule has 6 heteroatoms. The SMILES string of the molecule is Nc1c(-n2ccnc2)ccc(-n2ccnc2)c1N. The third kappa shape index (κ3) is 1.51. The second-order valence-corrected chi connectivity index (χ2v) is 3.87. The third-order valence-electron chi connectivity index (χ3n) is 2.81. The van der Waals surface area contributed by atoms with Crippen molar-refractivity contribution >= 4 is 11.4 Å². The summed E-state index contributed by atoms with van der Waals surface area (Å²) in [5.41, 5.74) is 14.8. The quantitative estimate of drug-likeness (QED) is 0.659. The molecule has 18 heavy (non-hydrogen) atoms. The highest BCUT2D eigenvalue weighted by molar-refractivity contribution is 5.81. The third-order valence-corrected chi connectivity index (χ3v) is 2.81. The molecule has 0 amide bonds. The van der Waals surface area contributed by atoms with Crippen molar-refractivity contribution in [3.8, 4) is 11.4 Å². The lowest BCUT2D eigenvalue weighted by Crippen LogP contribution is -2.06. The molecular weight excluding hydrogens is 228 g/mol. The van der Waals surface area contributed by atoms with Gasteiger partial charge in [-0.1, -0.05) is 0 Å². The van der Waals surface area contributed by atoms with Crippen molar-refractivity contribution in [3.63, 3.8) is 0 Å². The Morgan fingerprint density at radius 2 is 1.22 bits per heavy atom. The van der Waals surface area contributed by atoms with Gasteiger partial charge in [0.1, 0.15) is 0 Å². The topological polar surface area (TPSA) is 87.7 Å². The van der Waals surface area contributed by atoms with Crippen LogP contribution < -0.4 is 11.5 Å². The summed E-state index contributed by atoms with van der Waals surface area (Å²) in [5, 5.41) is 0. The summed E-state index contributed by atoms with van der Waals surface area (Å²) in [7, 11) is 0. The fourth-order valence-electron chi connectivity index (χ4n) is 1.87. The van der Waals surface area contributed by atoms with Crippen molar-refractivity contribution in [1.29, 1.82) is 0 Å². The van der Waals surface area contributed by atoms with Gasteiger partial charge < -0.3 is 20.6 Å². The van der Waals surface area contributed by atoms with Gasteiger partial charge in [0.05, 0.1) is 35.4 Å². The molecule has 3 rings (SSSR count). The van der Waals surface area contributed by atoms with Crippen molar-refractivity contribution < 1.29 is 0 Å². The van der Waals surface area contributed by atoms with Crippen molar-refractivity contribution in [2.45, 2.75) is 0 Å². The van der Waals surface area contributed by atoms with Crippen LogP contribution in [0.4, 0.5) is 11.4 Å². The largest absolute Gasteiger partial charge is 0.395 e. The molecule has 4 N–H and O–H groups in total. The van der Waals surface area contributed by atoms with Crippen LogP contribution in [0.1, 0.15) is 0 Å². The molecule has 0 radical (unpaired) electrons. The van der Waals surface area contributed by atoms with Gasteiger partial charge in [0.2, 0.25) is 0 Å². The Morgan fingerprint density at radius 1 is 0.778 bits per heavy atom. The number of nitrogens with zero attached hydrogens (tertiary/aromatic N) is 4. The van der Waals surface area contributed by atoms with Crippen LogP contribution in [-0.4, -0.2) is 19.1 Å². The number of imidazole rings is 2. The summed E-state index contributed by atoms with van der Waals surface area (Å²) in [4.78, 5) is 7.99. The first-order valence-electron chi connectivity index (χ1n) is 5.42. The molecule has 0 atom stereocenters. The Labute approximate surface area is 104 Å². The zero-order valence-electron chi connectivity index (χ0n) is 9.56. The second kappa shape index (κ2) is 3.92. The maximum atomic E-state index is 6.07. The highest BCUT2D eigenvalue weighted by atomic mass is 15.1. The van der Waals surface area contributed by atoms with Gasteiger partial charge in [0, 0.05) is 24.8 Å². The molecule has 0 saturated heterocycles. The predicted molar refractivity (Wildman–Crippen MR) is 69.5 cm³/mol. The van der Waals surface area contributed by atoms with Crippen LogP contribution in [0.15, 0.2) is 49.6 Å². The van der Waals surface area contributed by atoms with Gasteiger partial charge in [-0.05, 0) is 12.1 Å². The number of anilines is 2. The number of rotatable bonds is 2. The van der Waals surface area contributed by atoms with E-state index in [1.807, 2.05) is 33.7 Å². The Hall–Kier alpha value is -2.76. The highest BCUT2D eigenvalue weighted by Crippen LogP contribution is 2.29. The van der Waals surface area contributed by atoms with Crippen LogP contribution in [0.2, 0.25) is 0 Å². The summed E-state index contributed by atoms with van der Waals surface area (Å²) in [6.07, 6.45) is 10.4. The maximum absolute atomic E-state index is 6.07. The Morgan fingerprint density at radius 3 is 1.56 bits per heavy atom. The number of nitrogens with two attached hydrogens (primary N) is 2. The molecule has 90 valence electrons. The number of nitrogen functional groups attached to an aromatic ring is 2. The van der Waals surface area contributed by atoms with Gasteiger partial charge >= 0.3 is 0 Å². The van der Waals surface area contributed by atoms with E-state index in [4.69, 9.17) is 11.5 Å². The molecule has 0 fully saturated rings. The molecule has 2 aromatic heterocycles. The van der Waals surface area contributed by atoms with Crippen LogP contribution in [-0.2, 0) is 0 Å². The Kier molecular flexibility index (Phi) is 2.26. The summed E-state index contributed by atoms with van der Waals surface area (Å²) < 4.78 is 3.65. The number of aromatic nitrogens is 4. The van der Waals surface area contributed by atoms with E-state index in [1.165, 1.54) is 0 Å². The first kappa shape index (κ1) is 10.4. The van der Waals surface area contributed by atoms with Crippen molar-refractivity contribution in [3.05, 3.63) is 49.6 Å². The molecular formula is C12H12N6. The minimum absolute atomic E-state index is 0.527. The Bertz CT molecular complexity index is 595. The van der Waals surface area contributed by atoms with Gasteiger partial charge in [-0.25, -0.2) is 9.97 Å². The van der Waals surface area contributed by atoms with E-state index >= 15 is 0 Å². The lowest BCUT2D eigenvalue weighted by atomic mass is 10.2. The first-order valence-corrected chi connectivity index (χ1v) is 5.42. The van der Waals surface area contributed by atoms with Crippen molar-refractivity contribution in [2.75, 3.05) is 11.5 Å². The minimum atomic E-state index is 0.527. The van der Waals surface area contributed by atoms with Gasteiger partial charge in [0.15, 0.2) is 0 Å². The zero-order chi connectivity index (χ0) is 12.5. The molecule has 6 nitrogen and oxygen atoms in total. The highest BCUT2D eigenvalue weighted by Gasteiger charge is 2.10. The predicted octanol–water partition coefficient (Wildman–Crippen LogP) is 1.22. The zero-order valence-corrected chi connectivity index (χ0v) is 9.56. The van der Waals surface area contributed by atoms with Gasteiger partial charge in [-0.15, -0.1) is 0 Å². The Balaban J connectivity index is 2.15. The fourth-order valence-corrected chi connectivity index (χ4v) is 1.87. The monoisotopic (exact) mass is 240 g/mol. The lowest BCUT2D eigenvalue weighted by molar-refractivity contribution is 1.04. The first-order chi connectivity index (χ1) is 8.77. The molecule has 0 saturated carbocycles. The number of benzene rings is 1. The van der Waals surface area contributed by atoms with Crippen molar-refractivity contribution in [2.24, 2.45) is 0 Å². The average molecular weight is 240 g/mol. The van der Waals surface area contributed by atoms with Crippen molar-refractivity contribution in [1.82, 2.24) is 19.1 Å². The van der Waals surface area contributed by atoms with Crippen LogP contribution in [0.3, 0.4) is 0 Å². The standard InChI is InChI=1S/C12H12N6/c13-11-9(17-5-3-15-7-17)1-2-10(12(11)14)18-6-4-16-8-18/h1-8H,13-14H2. The molecule has 1 aromatic carbocycles. The van der Waals surface area contributed by atoms with E-state index in [-0.39, 0.29) is 0 Å². The minimum Gasteiger partial charge on any atom is -0.395 e. The molecule has 2 heterocycles. The van der Waals surface area contributed by atoms with Crippen LogP contribution >= 0.6 is 0 Å². The lowest BCUT2D eigenvalue weighted by Gasteiger charge is -2.13. The molecule has 0 aliphatic heterocycles. The smallest absolute Gasteiger partial charge is 0.0992 e. The maximum Gasteiger partial charge on any atom is 0.0992 e. The fraction of sp³-hybridized carbons (Fsp3) is 0. The summed E-state index contributed by atoms with van der Waals surface area (Å²) in [5.74, 6) is 0. The summed E-state index contributed by atoms with van der Waals surface area (Å²) in [6, 6.07) is 3.81. The van der Waals surface area contributed by atoms with Crippen LogP contribution in [0.5, 0.6) is 0 Å². The van der Waals surface area contributed by atoms with Gasteiger partial charge in [0.25, 0.3) is 0 Å². The second-order valence-electron chi connectivity index (χ2n) is 3.87. The molecule has 0 unspecified atom stereocenters. The molecule has 0 bridgehead atoms. The van der Waals surface area contributed by atoms with Crippen LogP contribution in [0.25, 0.3) is 11.4 Å². The van der Waals surface area contributed by atoms with E-state index < -0.39 is 0 Å². The van der Waals surface area contributed by atoms with E-state index in [1.54, 1.807) is 25.0 Å². The molecule has 0 aliphatic carbocycles. The molecule has 0 spiro atoms. The van der Waals surface area contributed by atoms with E-state index in [0.717, 1.165) is 11.4 Å². The van der Waals surface area contributed by atoms with E-state index in [9.17, 15) is 0 Å². The number of hydrogen-bond acceptors (Lipinski definition) is 4. The normalized spacial score (nSPS) is 10.7.